The van der Waals surface area contributed by atoms with Crippen LogP contribution in [0.2, 0.25) is 0 Å². The molecular weight excluding hydrogens is 534 g/mol. The lowest BCUT2D eigenvalue weighted by atomic mass is 9.36. The van der Waals surface area contributed by atoms with Crippen molar-refractivity contribution in [3.05, 3.63) is 48.0 Å². The lowest BCUT2D eigenvalue weighted by molar-refractivity contribution is -0.212. The summed E-state index contributed by atoms with van der Waals surface area (Å²) >= 11 is 0. The Hall–Kier alpha value is -2.11. The first-order chi connectivity index (χ1) is 18.5. The molecule has 4 aliphatic rings. The number of aliphatic hydroxyl groups is 1. The van der Waals surface area contributed by atoms with Crippen molar-refractivity contribution in [2.45, 2.75) is 66.0 Å². The molecule has 8 atom stereocenters. The minimum Gasteiger partial charge on any atom is -0.472 e. The molecule has 0 aliphatic heterocycles. The average Bonchev–Trinajstić information content (AvgIpc) is 3.42. The van der Waals surface area contributed by atoms with E-state index in [9.17, 15) is 28.3 Å². The van der Waals surface area contributed by atoms with E-state index in [2.05, 4.69) is 20.8 Å². The predicted octanol–water partition coefficient (Wildman–Crippen LogP) is 3.92. The molecule has 0 spiro atoms. The van der Waals surface area contributed by atoms with Crippen LogP contribution in [0, 0.1) is 39.4 Å². The second-order valence-corrected chi connectivity index (χ2v) is 15.0. The number of Topliss-reactive ketones (excluding diaryl/α,β-unsaturated/α-hetero) is 1. The minimum absolute atomic E-state index is 0.00546. The highest BCUT2D eigenvalue weighted by molar-refractivity contribution is 7.86. The highest BCUT2D eigenvalue weighted by Gasteiger charge is 2.73. The number of aliphatic hydroxyl groups excluding tert-OH is 1. The first kappa shape index (κ1) is 29.4. The quantitative estimate of drug-likeness (QED) is 0.349. The molecule has 0 amide bonds. The van der Waals surface area contributed by atoms with Crippen molar-refractivity contribution < 1.29 is 36.9 Å². The Bertz CT molecular complexity index is 1350. The van der Waals surface area contributed by atoms with Crippen LogP contribution in [0.5, 0.6) is 0 Å². The SMILES string of the molecule is C[C@]12[C@@H](CCC3=CC(=O)C=C[C@@]31C)[C@]1(C)C[C@@H](CN(O)Cc3ccoc3)[C@H](C(=O)COS(C)(=O)=O)[C@@]1(C)C[C@@H]2O. The predicted molar refractivity (Wildman–Crippen MR) is 146 cm³/mol. The smallest absolute Gasteiger partial charge is 0.264 e. The van der Waals surface area contributed by atoms with E-state index < -0.39 is 50.4 Å². The number of fused-ring (bicyclic) bond motifs is 5. The van der Waals surface area contributed by atoms with Gasteiger partial charge >= 0.3 is 0 Å². The lowest BCUT2D eigenvalue weighted by Crippen LogP contribution is -2.66. The highest BCUT2D eigenvalue weighted by atomic mass is 32.2. The van der Waals surface area contributed by atoms with E-state index in [0.717, 1.165) is 30.2 Å². The van der Waals surface area contributed by atoms with Gasteiger partial charge in [-0.15, -0.1) is 0 Å². The number of allylic oxidation sites excluding steroid dienone is 4. The van der Waals surface area contributed by atoms with Crippen LogP contribution in [0.25, 0.3) is 0 Å². The van der Waals surface area contributed by atoms with Gasteiger partial charge in [-0.25, -0.2) is 0 Å². The van der Waals surface area contributed by atoms with Gasteiger partial charge in [-0.05, 0) is 66.6 Å². The van der Waals surface area contributed by atoms with Crippen LogP contribution in [-0.2, 0) is 30.4 Å². The number of carbonyl (C=O) groups is 2. The fraction of sp³-hybridized carbons (Fsp3) is 0.667. The van der Waals surface area contributed by atoms with Gasteiger partial charge in [-0.2, -0.15) is 13.5 Å². The molecule has 0 saturated heterocycles. The molecule has 220 valence electrons. The molecular formula is C30H41NO8S. The largest absolute Gasteiger partial charge is 0.472 e. The Kier molecular flexibility index (Phi) is 7.15. The summed E-state index contributed by atoms with van der Waals surface area (Å²) in [4.78, 5) is 26.1. The lowest BCUT2D eigenvalue weighted by Gasteiger charge is -2.68. The number of hydroxylamine groups is 2. The third kappa shape index (κ3) is 4.38. The van der Waals surface area contributed by atoms with Gasteiger partial charge in [0.1, 0.15) is 6.61 Å². The Labute approximate surface area is 236 Å². The summed E-state index contributed by atoms with van der Waals surface area (Å²) in [7, 11) is -3.84. The number of nitrogens with zero attached hydrogens (tertiary/aromatic N) is 1. The molecule has 4 aliphatic carbocycles. The number of rotatable bonds is 8. The van der Waals surface area contributed by atoms with E-state index >= 15 is 0 Å². The monoisotopic (exact) mass is 575 g/mol. The van der Waals surface area contributed by atoms with Crippen molar-refractivity contribution in [3.63, 3.8) is 0 Å². The van der Waals surface area contributed by atoms with E-state index in [0.29, 0.717) is 12.8 Å². The molecule has 10 heteroatoms. The highest BCUT2D eigenvalue weighted by Crippen LogP contribution is 2.76. The van der Waals surface area contributed by atoms with Crippen LogP contribution in [0.1, 0.15) is 58.9 Å². The Balaban J connectivity index is 1.54. The fourth-order valence-electron chi connectivity index (χ4n) is 9.36. The summed E-state index contributed by atoms with van der Waals surface area (Å²) < 4.78 is 33.7. The van der Waals surface area contributed by atoms with E-state index in [-0.39, 0.29) is 36.5 Å². The van der Waals surface area contributed by atoms with Crippen LogP contribution in [0.4, 0.5) is 0 Å². The molecule has 40 heavy (non-hydrogen) atoms. The summed E-state index contributed by atoms with van der Waals surface area (Å²) in [5.41, 5.74) is -0.382. The molecule has 0 bridgehead atoms. The standard InChI is InChI=1S/C30H41NO8S/c1-27-10-8-22(32)12-21(27)6-7-24-28(2)13-20(16-31(35)15-19-9-11-38-17-19)26(23(33)18-39-40(5,36)37)29(28,3)14-25(34)30(24,27)4/h8-12,17,20,24-26,34-35H,6-7,13-16,18H2,1-5H3/t20-,24-,25-,26+,27-,28-,29+,30+/m0/s1. The average molecular weight is 576 g/mol. The van der Waals surface area contributed by atoms with Crippen molar-refractivity contribution in [1.29, 1.82) is 0 Å². The number of hydrogen-bond donors (Lipinski definition) is 2. The molecule has 5 rings (SSSR count). The topological polar surface area (TPSA) is 134 Å². The molecule has 9 nitrogen and oxygen atoms in total. The molecule has 0 aromatic carbocycles. The van der Waals surface area contributed by atoms with Gasteiger partial charge < -0.3 is 14.7 Å². The number of hydrogen-bond acceptors (Lipinski definition) is 9. The molecule has 0 unspecified atom stereocenters. The summed E-state index contributed by atoms with van der Waals surface area (Å²) in [5.74, 6) is -1.30. The third-order valence-electron chi connectivity index (χ3n) is 11.5. The summed E-state index contributed by atoms with van der Waals surface area (Å²) in [5, 5.41) is 24.1. The van der Waals surface area contributed by atoms with Crippen LogP contribution >= 0.6 is 0 Å². The maximum atomic E-state index is 13.8. The molecule has 1 aromatic heterocycles. The van der Waals surface area contributed by atoms with Gasteiger partial charge in [0.25, 0.3) is 10.1 Å². The van der Waals surface area contributed by atoms with Crippen molar-refractivity contribution >= 4 is 21.7 Å². The summed E-state index contributed by atoms with van der Waals surface area (Å²) in [6.07, 6.45) is 10.9. The number of carbonyl (C=O) groups excluding carboxylic acids is 2. The van der Waals surface area contributed by atoms with Crippen molar-refractivity contribution in [1.82, 2.24) is 5.06 Å². The van der Waals surface area contributed by atoms with E-state index in [4.69, 9.17) is 8.60 Å². The zero-order valence-electron chi connectivity index (χ0n) is 23.9. The molecule has 3 fully saturated rings. The Morgan fingerprint density at radius 2 is 1.93 bits per heavy atom. The zero-order chi connectivity index (χ0) is 29.3. The fourth-order valence-corrected chi connectivity index (χ4v) is 9.69. The third-order valence-corrected chi connectivity index (χ3v) is 12.0. The van der Waals surface area contributed by atoms with Crippen LogP contribution in [-0.4, -0.2) is 60.9 Å². The van der Waals surface area contributed by atoms with E-state index in [1.807, 2.05) is 13.0 Å². The van der Waals surface area contributed by atoms with Crippen molar-refractivity contribution in [2.24, 2.45) is 39.4 Å². The molecule has 2 N–H and O–H groups in total. The molecule has 1 aromatic rings. The Morgan fingerprint density at radius 1 is 1.20 bits per heavy atom. The maximum absolute atomic E-state index is 13.8. The van der Waals surface area contributed by atoms with Crippen LogP contribution in [0.3, 0.4) is 0 Å². The van der Waals surface area contributed by atoms with Crippen LogP contribution in [0.15, 0.2) is 46.8 Å². The second-order valence-electron chi connectivity index (χ2n) is 13.4. The van der Waals surface area contributed by atoms with E-state index in [1.165, 1.54) is 11.3 Å². The molecule has 3 saturated carbocycles. The van der Waals surface area contributed by atoms with Gasteiger partial charge in [0.15, 0.2) is 11.6 Å². The second kappa shape index (κ2) is 9.73. The summed E-state index contributed by atoms with van der Waals surface area (Å²) in [6, 6.07) is 1.76. The van der Waals surface area contributed by atoms with Crippen molar-refractivity contribution in [3.8, 4) is 0 Å². The van der Waals surface area contributed by atoms with Gasteiger partial charge in [0.05, 0.1) is 31.4 Å². The molecule has 0 radical (unpaired) electrons. The summed E-state index contributed by atoms with van der Waals surface area (Å²) in [6.45, 7) is 8.31. The van der Waals surface area contributed by atoms with Gasteiger partial charge in [0.2, 0.25) is 0 Å². The number of ketones is 2. The normalized spacial score (nSPS) is 40.9. The zero-order valence-corrected chi connectivity index (χ0v) is 24.7. The maximum Gasteiger partial charge on any atom is 0.264 e. The first-order valence-electron chi connectivity index (χ1n) is 14.0. The molecule has 1 heterocycles. The van der Waals surface area contributed by atoms with Gasteiger partial charge in [-0.1, -0.05) is 39.3 Å². The van der Waals surface area contributed by atoms with Gasteiger partial charge in [-0.3, -0.25) is 13.8 Å². The first-order valence-corrected chi connectivity index (χ1v) is 15.8. The number of furan rings is 1. The minimum atomic E-state index is -3.84. The van der Waals surface area contributed by atoms with Crippen LogP contribution < -0.4 is 0 Å². The van der Waals surface area contributed by atoms with E-state index in [1.54, 1.807) is 24.5 Å². The van der Waals surface area contributed by atoms with Crippen molar-refractivity contribution in [2.75, 3.05) is 19.4 Å². The van der Waals surface area contributed by atoms with Gasteiger partial charge in [0, 0.05) is 28.9 Å². The Morgan fingerprint density at radius 3 is 2.58 bits per heavy atom.